The van der Waals surface area contributed by atoms with Crippen molar-refractivity contribution >= 4 is 21.8 Å². The molecule has 3 aliphatic heterocycles. The van der Waals surface area contributed by atoms with Crippen LogP contribution >= 0.6 is 0 Å². The van der Waals surface area contributed by atoms with Crippen molar-refractivity contribution in [1.82, 2.24) is 29.6 Å². The Balaban J connectivity index is 1.59. The number of hydrogen-bond donors (Lipinski definition) is 3. The van der Waals surface area contributed by atoms with Gasteiger partial charge in [-0.05, 0) is 57.8 Å². The van der Waals surface area contributed by atoms with Crippen LogP contribution in [0.25, 0.3) is 0 Å². The number of carbonyl (C=O) groups is 2. The number of likely N-dealkylation sites (tertiary alicyclic amines) is 1. The molecule has 1 aromatic rings. The van der Waals surface area contributed by atoms with E-state index in [1.165, 1.54) is 6.26 Å². The monoisotopic (exact) mass is 580 g/mol. The number of sulfonamides is 1. The molecule has 0 aromatic carbocycles. The van der Waals surface area contributed by atoms with Gasteiger partial charge in [0.1, 0.15) is 11.6 Å². The van der Waals surface area contributed by atoms with Crippen molar-refractivity contribution in [2.45, 2.75) is 96.9 Å². The molecular formula is C28H48N6O5S. The summed E-state index contributed by atoms with van der Waals surface area (Å²) >= 11 is 0. The van der Waals surface area contributed by atoms with Crippen molar-refractivity contribution in [3.05, 3.63) is 17.0 Å². The number of amides is 2. The highest BCUT2D eigenvalue weighted by atomic mass is 32.2. The number of H-pyrrole nitrogens is 1. The first-order valence-corrected chi connectivity index (χ1v) is 16.7. The number of nitrogens with zero attached hydrogens (tertiary/aromatic N) is 4. The van der Waals surface area contributed by atoms with Gasteiger partial charge < -0.3 is 15.3 Å². The smallest absolute Gasteiger partial charge is 0.248 e. The lowest BCUT2D eigenvalue weighted by molar-refractivity contribution is -0.166. The number of piperidine rings is 2. The number of aromatic amines is 1. The minimum Gasteiger partial charge on any atom is -0.390 e. The summed E-state index contributed by atoms with van der Waals surface area (Å²) in [6, 6.07) is -0.878. The molecule has 4 heterocycles. The Labute approximate surface area is 239 Å². The third-order valence-electron chi connectivity index (χ3n) is 9.43. The fourth-order valence-electron chi connectivity index (χ4n) is 7.00. The zero-order valence-corrected chi connectivity index (χ0v) is 25.8. The summed E-state index contributed by atoms with van der Waals surface area (Å²) in [5.41, 5.74) is 2.17. The molecule has 0 aliphatic carbocycles. The van der Waals surface area contributed by atoms with E-state index in [4.69, 9.17) is 0 Å². The molecule has 4 rings (SSSR count). The molecule has 226 valence electrons. The van der Waals surface area contributed by atoms with Crippen molar-refractivity contribution in [2.75, 3.05) is 39.0 Å². The molecule has 1 spiro atoms. The maximum absolute atomic E-state index is 13.8. The zero-order valence-electron chi connectivity index (χ0n) is 24.9. The maximum Gasteiger partial charge on any atom is 0.248 e. The fraction of sp³-hybridized carbons (Fsp3) is 0.821. The van der Waals surface area contributed by atoms with E-state index in [9.17, 15) is 23.1 Å². The molecule has 1 aromatic heterocycles. The van der Waals surface area contributed by atoms with E-state index >= 15 is 0 Å². The van der Waals surface area contributed by atoms with Crippen LogP contribution in [0.5, 0.6) is 0 Å². The summed E-state index contributed by atoms with van der Waals surface area (Å²) in [4.78, 5) is 31.7. The van der Waals surface area contributed by atoms with Crippen molar-refractivity contribution in [3.63, 3.8) is 0 Å². The molecule has 0 radical (unpaired) electrons. The molecule has 1 unspecified atom stereocenters. The summed E-state index contributed by atoms with van der Waals surface area (Å²) < 4.78 is 25.9. The van der Waals surface area contributed by atoms with E-state index in [0.717, 1.165) is 42.6 Å². The second kappa shape index (κ2) is 12.1. The standard InChI is InChI=1S/C28H48N6O5S/c1-7-8-13-34-26(36)23(25(35)18(2)3)29-27(37)28(34)11-16-32(17-12-28)24(22-19(4)30-31-20(22)5)21-9-14-33(15-10-21)40(6,38)39/h18,21,23-25,35H,7-17H2,1-6H3,(H,29,37)(H,30,31)/t23-,24?,25-/m1/s1. The fourth-order valence-corrected chi connectivity index (χ4v) is 7.87. The topological polar surface area (TPSA) is 139 Å². The number of rotatable bonds is 9. The zero-order chi connectivity index (χ0) is 29.4. The van der Waals surface area contributed by atoms with Crippen LogP contribution in [-0.2, 0) is 19.6 Å². The Morgan fingerprint density at radius 2 is 1.73 bits per heavy atom. The Morgan fingerprint density at radius 3 is 2.23 bits per heavy atom. The van der Waals surface area contributed by atoms with E-state index in [-0.39, 0.29) is 29.7 Å². The Hall–Kier alpha value is -2.02. The lowest BCUT2D eigenvalue weighted by Gasteiger charge is -2.54. The number of piperazine rings is 1. The number of hydrogen-bond acceptors (Lipinski definition) is 7. The minimum absolute atomic E-state index is 0.0415. The van der Waals surface area contributed by atoms with Gasteiger partial charge in [-0.15, -0.1) is 0 Å². The van der Waals surface area contributed by atoms with Crippen LogP contribution in [0, 0.1) is 25.7 Å². The van der Waals surface area contributed by atoms with Gasteiger partial charge in [0.05, 0.1) is 18.1 Å². The van der Waals surface area contributed by atoms with Crippen molar-refractivity contribution in [1.29, 1.82) is 0 Å². The van der Waals surface area contributed by atoms with Crippen LogP contribution in [0.15, 0.2) is 0 Å². The van der Waals surface area contributed by atoms with E-state index in [1.807, 2.05) is 27.7 Å². The average Bonchev–Trinajstić information content (AvgIpc) is 3.24. The predicted molar refractivity (Wildman–Crippen MR) is 153 cm³/mol. The third-order valence-corrected chi connectivity index (χ3v) is 10.7. The third kappa shape index (κ3) is 5.82. The van der Waals surface area contributed by atoms with Gasteiger partial charge in [-0.3, -0.25) is 19.6 Å². The first kappa shape index (κ1) is 30.9. The summed E-state index contributed by atoms with van der Waals surface area (Å²) in [6.07, 6.45) is 4.54. The molecule has 3 fully saturated rings. The van der Waals surface area contributed by atoms with Crippen molar-refractivity contribution in [3.8, 4) is 0 Å². The van der Waals surface area contributed by atoms with Crippen LogP contribution < -0.4 is 5.32 Å². The largest absolute Gasteiger partial charge is 0.390 e. The van der Waals surface area contributed by atoms with E-state index < -0.39 is 27.7 Å². The van der Waals surface area contributed by atoms with E-state index in [0.29, 0.717) is 45.6 Å². The molecule has 12 heteroatoms. The maximum atomic E-state index is 13.8. The first-order valence-electron chi connectivity index (χ1n) is 14.8. The van der Waals surface area contributed by atoms with Gasteiger partial charge >= 0.3 is 0 Å². The number of carbonyl (C=O) groups excluding carboxylic acids is 2. The van der Waals surface area contributed by atoms with Crippen molar-refractivity contribution in [2.24, 2.45) is 11.8 Å². The van der Waals surface area contributed by atoms with Gasteiger partial charge in [-0.2, -0.15) is 5.10 Å². The highest BCUT2D eigenvalue weighted by Crippen LogP contribution is 2.42. The molecule has 40 heavy (non-hydrogen) atoms. The summed E-state index contributed by atoms with van der Waals surface area (Å²) in [5.74, 6) is -0.268. The molecular weight excluding hydrogens is 532 g/mol. The molecule has 2 amide bonds. The second-order valence-corrected chi connectivity index (χ2v) is 14.4. The number of aryl methyl sites for hydroxylation is 2. The quantitative estimate of drug-likeness (QED) is 0.404. The number of nitrogens with one attached hydrogen (secondary N) is 2. The number of aromatic nitrogens is 2. The van der Waals surface area contributed by atoms with Crippen LogP contribution in [0.2, 0.25) is 0 Å². The van der Waals surface area contributed by atoms with Crippen LogP contribution in [0.4, 0.5) is 0 Å². The highest BCUT2D eigenvalue weighted by Gasteiger charge is 2.55. The molecule has 3 atom stereocenters. The molecule has 3 aliphatic rings. The molecule has 0 bridgehead atoms. The predicted octanol–water partition coefficient (Wildman–Crippen LogP) is 1.72. The lowest BCUT2D eigenvalue weighted by Crippen LogP contribution is -2.75. The first-order chi connectivity index (χ1) is 18.8. The van der Waals surface area contributed by atoms with Crippen LogP contribution in [-0.4, -0.2) is 106 Å². The SMILES string of the molecule is CCCCN1C(=O)[C@@H]([C@H](O)C(C)C)NC(=O)C12CCN(C(c1c(C)n[nH]c1C)C1CCN(S(C)(=O)=O)CC1)CC2. The highest BCUT2D eigenvalue weighted by molar-refractivity contribution is 7.88. The normalized spacial score (nSPS) is 25.0. The molecule has 3 N–H and O–H groups in total. The summed E-state index contributed by atoms with van der Waals surface area (Å²) in [7, 11) is -3.23. The van der Waals surface area contributed by atoms with Crippen LogP contribution in [0.1, 0.15) is 82.3 Å². The minimum atomic E-state index is -3.23. The summed E-state index contributed by atoms with van der Waals surface area (Å²) in [5, 5.41) is 21.2. The number of unbranched alkanes of at least 4 members (excludes halogenated alkanes) is 1. The van der Waals surface area contributed by atoms with Crippen LogP contribution in [0.3, 0.4) is 0 Å². The van der Waals surface area contributed by atoms with Gasteiger partial charge in [-0.25, -0.2) is 12.7 Å². The lowest BCUT2D eigenvalue weighted by atomic mass is 9.77. The van der Waals surface area contributed by atoms with Gasteiger partial charge in [0.2, 0.25) is 21.8 Å². The van der Waals surface area contributed by atoms with E-state index in [2.05, 4.69) is 27.3 Å². The summed E-state index contributed by atoms with van der Waals surface area (Å²) in [6.45, 7) is 12.5. The Bertz CT molecular complexity index is 1150. The number of aliphatic hydroxyl groups excluding tert-OH is 1. The van der Waals surface area contributed by atoms with Gasteiger partial charge in [0, 0.05) is 50.0 Å². The molecule has 3 saturated heterocycles. The van der Waals surface area contributed by atoms with Gasteiger partial charge in [-0.1, -0.05) is 27.2 Å². The Morgan fingerprint density at radius 1 is 1.10 bits per heavy atom. The Kier molecular flexibility index (Phi) is 9.33. The second-order valence-electron chi connectivity index (χ2n) is 12.4. The van der Waals surface area contributed by atoms with Gasteiger partial charge in [0.15, 0.2) is 0 Å². The molecule has 0 saturated carbocycles. The van der Waals surface area contributed by atoms with Gasteiger partial charge in [0.25, 0.3) is 0 Å². The van der Waals surface area contributed by atoms with Crippen molar-refractivity contribution < 1.29 is 23.1 Å². The van der Waals surface area contributed by atoms with E-state index in [1.54, 1.807) is 9.21 Å². The molecule has 11 nitrogen and oxygen atoms in total. The number of aliphatic hydroxyl groups is 1. The average molecular weight is 581 g/mol.